The Morgan fingerprint density at radius 1 is 0.889 bits per heavy atom. The van der Waals surface area contributed by atoms with Gasteiger partial charge in [0, 0.05) is 31.7 Å². The summed E-state index contributed by atoms with van der Waals surface area (Å²) < 4.78 is 30.5. The molecule has 0 unspecified atom stereocenters. The summed E-state index contributed by atoms with van der Waals surface area (Å²) in [6, 6.07) is 14.0. The number of hydrazone groups is 1. The maximum atomic E-state index is 13.8. The molecule has 188 valence electrons. The van der Waals surface area contributed by atoms with Gasteiger partial charge in [0.1, 0.15) is 18.2 Å². The highest BCUT2D eigenvalue weighted by Gasteiger charge is 2.20. The van der Waals surface area contributed by atoms with Gasteiger partial charge in [0.2, 0.25) is 17.8 Å². The molecule has 10 nitrogen and oxygen atoms in total. The van der Waals surface area contributed by atoms with Crippen LogP contribution in [0, 0.1) is 5.82 Å². The quantitative estimate of drug-likeness (QED) is 0.375. The van der Waals surface area contributed by atoms with Gasteiger partial charge in [0.15, 0.2) is 0 Å². The van der Waals surface area contributed by atoms with Crippen molar-refractivity contribution < 1.29 is 18.6 Å². The lowest BCUT2D eigenvalue weighted by molar-refractivity contribution is 0.121. The Morgan fingerprint density at radius 3 is 2.22 bits per heavy atom. The summed E-state index contributed by atoms with van der Waals surface area (Å²) >= 11 is 0. The Morgan fingerprint density at radius 2 is 1.56 bits per heavy atom. The Labute approximate surface area is 208 Å². The number of ether oxygens (including phenoxy) is 3. The molecule has 0 atom stereocenters. The minimum absolute atomic E-state index is 0.144. The molecule has 11 heteroatoms. The van der Waals surface area contributed by atoms with Gasteiger partial charge in [-0.25, -0.2) is 9.82 Å². The van der Waals surface area contributed by atoms with Crippen LogP contribution in [0.1, 0.15) is 11.1 Å². The Kier molecular flexibility index (Phi) is 7.79. The SMILES string of the molecule is Fc1ccccc1COc1cccc(/C=N/Nc2nc(N3CCOCC3)nc(N3CCOCC3)n2)c1. The topological polar surface area (TPSA) is 97.2 Å². The van der Waals surface area contributed by atoms with Crippen LogP contribution in [0.4, 0.5) is 22.2 Å². The number of hydrogen-bond donors (Lipinski definition) is 1. The zero-order valence-electron chi connectivity index (χ0n) is 19.8. The molecule has 0 aliphatic carbocycles. The van der Waals surface area contributed by atoms with Gasteiger partial charge in [-0.3, -0.25) is 0 Å². The summed E-state index contributed by atoms with van der Waals surface area (Å²) in [5, 5.41) is 4.33. The summed E-state index contributed by atoms with van der Waals surface area (Å²) in [6.45, 7) is 5.55. The van der Waals surface area contributed by atoms with Gasteiger partial charge in [-0.15, -0.1) is 0 Å². The van der Waals surface area contributed by atoms with Crippen molar-refractivity contribution in [2.45, 2.75) is 6.61 Å². The highest BCUT2D eigenvalue weighted by molar-refractivity contribution is 5.80. The molecule has 3 heterocycles. The van der Waals surface area contributed by atoms with Gasteiger partial charge in [-0.2, -0.15) is 20.1 Å². The van der Waals surface area contributed by atoms with Crippen molar-refractivity contribution >= 4 is 24.1 Å². The van der Waals surface area contributed by atoms with Crippen LogP contribution in [-0.4, -0.2) is 73.8 Å². The number of morpholine rings is 2. The van der Waals surface area contributed by atoms with Gasteiger partial charge in [-0.05, 0) is 23.8 Å². The number of benzene rings is 2. The first-order valence-corrected chi connectivity index (χ1v) is 11.9. The Hall–Kier alpha value is -3.83. The lowest BCUT2D eigenvalue weighted by Gasteiger charge is -2.30. The molecule has 2 fully saturated rings. The number of aromatic nitrogens is 3. The van der Waals surface area contributed by atoms with Crippen molar-refractivity contribution in [3.05, 3.63) is 65.5 Å². The lowest BCUT2D eigenvalue weighted by atomic mass is 10.2. The molecule has 5 rings (SSSR count). The van der Waals surface area contributed by atoms with Crippen molar-refractivity contribution in [3.63, 3.8) is 0 Å². The predicted octanol–water partition coefficient (Wildman–Crippen LogP) is 2.71. The van der Waals surface area contributed by atoms with Crippen LogP contribution in [-0.2, 0) is 16.1 Å². The molecular formula is C25H28FN7O3. The molecule has 0 spiro atoms. The van der Waals surface area contributed by atoms with Gasteiger partial charge in [0.25, 0.3) is 0 Å². The van der Waals surface area contributed by atoms with Crippen molar-refractivity contribution in [2.75, 3.05) is 67.8 Å². The summed E-state index contributed by atoms with van der Waals surface area (Å²) in [5.74, 6) is 1.87. The molecule has 36 heavy (non-hydrogen) atoms. The van der Waals surface area contributed by atoms with Crippen molar-refractivity contribution in [3.8, 4) is 5.75 Å². The van der Waals surface area contributed by atoms with E-state index in [4.69, 9.17) is 19.2 Å². The molecule has 2 saturated heterocycles. The summed E-state index contributed by atoms with van der Waals surface area (Å²) in [7, 11) is 0. The standard InChI is InChI=1S/C25H28FN7O3/c26-22-7-2-1-5-20(22)18-36-21-6-3-4-19(16-21)17-27-31-23-28-24(32-8-12-34-13-9-32)30-25(29-23)33-10-14-35-15-11-33/h1-7,16-17H,8-15,18H2,(H,28,29,30,31)/b27-17+. The normalized spacial score (nSPS) is 16.4. The first-order valence-electron chi connectivity index (χ1n) is 11.9. The molecule has 2 aromatic carbocycles. The number of rotatable bonds is 8. The molecule has 1 N–H and O–H groups in total. The number of hydrogen-bond acceptors (Lipinski definition) is 10. The highest BCUT2D eigenvalue weighted by atomic mass is 19.1. The van der Waals surface area contributed by atoms with Crippen molar-refractivity contribution in [1.82, 2.24) is 15.0 Å². The van der Waals surface area contributed by atoms with E-state index in [1.807, 2.05) is 24.3 Å². The second-order valence-corrected chi connectivity index (χ2v) is 8.28. The molecule has 0 saturated carbocycles. The Bertz CT molecular complexity index is 1150. The maximum absolute atomic E-state index is 13.8. The van der Waals surface area contributed by atoms with Crippen LogP contribution in [0.5, 0.6) is 5.75 Å². The molecule has 0 bridgehead atoms. The van der Waals surface area contributed by atoms with E-state index in [0.29, 0.717) is 55.6 Å². The summed E-state index contributed by atoms with van der Waals surface area (Å²) in [5.41, 5.74) is 4.25. The number of nitrogens with one attached hydrogen (secondary N) is 1. The van der Waals surface area contributed by atoms with E-state index in [1.54, 1.807) is 24.4 Å². The van der Waals surface area contributed by atoms with Gasteiger partial charge < -0.3 is 24.0 Å². The second kappa shape index (κ2) is 11.7. The van der Waals surface area contributed by atoms with Crippen molar-refractivity contribution in [1.29, 1.82) is 0 Å². The van der Waals surface area contributed by atoms with Crippen LogP contribution >= 0.6 is 0 Å². The smallest absolute Gasteiger partial charge is 0.250 e. The first kappa shape index (κ1) is 23.9. The van der Waals surface area contributed by atoms with Gasteiger partial charge in [0.05, 0.1) is 32.6 Å². The Balaban J connectivity index is 1.27. The molecule has 1 aromatic heterocycles. The minimum Gasteiger partial charge on any atom is -0.489 e. The molecule has 0 amide bonds. The fourth-order valence-corrected chi connectivity index (χ4v) is 3.84. The number of halogens is 1. The molecule has 2 aliphatic heterocycles. The fourth-order valence-electron chi connectivity index (χ4n) is 3.84. The van der Waals surface area contributed by atoms with E-state index in [1.165, 1.54) is 6.07 Å². The van der Waals surface area contributed by atoms with Crippen LogP contribution in [0.2, 0.25) is 0 Å². The molecular weight excluding hydrogens is 465 g/mol. The largest absolute Gasteiger partial charge is 0.489 e. The average molecular weight is 494 g/mol. The van der Waals surface area contributed by atoms with E-state index in [9.17, 15) is 4.39 Å². The lowest BCUT2D eigenvalue weighted by Crippen LogP contribution is -2.40. The van der Waals surface area contributed by atoms with Crippen molar-refractivity contribution in [2.24, 2.45) is 5.10 Å². The predicted molar refractivity (Wildman–Crippen MR) is 134 cm³/mol. The third-order valence-corrected chi connectivity index (χ3v) is 5.79. The van der Waals surface area contributed by atoms with Crippen LogP contribution < -0.4 is 20.0 Å². The van der Waals surface area contributed by atoms with E-state index in [2.05, 4.69) is 30.3 Å². The highest BCUT2D eigenvalue weighted by Crippen LogP contribution is 2.19. The van der Waals surface area contributed by atoms with E-state index in [-0.39, 0.29) is 12.4 Å². The fraction of sp³-hybridized carbons (Fsp3) is 0.360. The third kappa shape index (κ3) is 6.23. The zero-order chi connectivity index (χ0) is 24.6. The van der Waals surface area contributed by atoms with Gasteiger partial charge in [-0.1, -0.05) is 30.3 Å². The second-order valence-electron chi connectivity index (χ2n) is 8.28. The van der Waals surface area contributed by atoms with E-state index in [0.717, 1.165) is 31.7 Å². The molecule has 0 radical (unpaired) electrons. The monoisotopic (exact) mass is 493 g/mol. The van der Waals surface area contributed by atoms with E-state index < -0.39 is 0 Å². The maximum Gasteiger partial charge on any atom is 0.250 e. The number of nitrogens with zero attached hydrogens (tertiary/aromatic N) is 6. The third-order valence-electron chi connectivity index (χ3n) is 5.79. The average Bonchev–Trinajstić information content (AvgIpc) is 2.94. The van der Waals surface area contributed by atoms with Crippen LogP contribution in [0.25, 0.3) is 0 Å². The zero-order valence-corrected chi connectivity index (χ0v) is 19.8. The van der Waals surface area contributed by atoms with Gasteiger partial charge >= 0.3 is 0 Å². The summed E-state index contributed by atoms with van der Waals surface area (Å²) in [4.78, 5) is 18.0. The first-order chi connectivity index (χ1) is 17.7. The minimum atomic E-state index is -0.287. The van der Waals surface area contributed by atoms with Crippen LogP contribution in [0.3, 0.4) is 0 Å². The molecule has 2 aliphatic rings. The molecule has 3 aromatic rings. The number of anilines is 3. The summed E-state index contributed by atoms with van der Waals surface area (Å²) in [6.07, 6.45) is 1.66. The van der Waals surface area contributed by atoms with Crippen LogP contribution in [0.15, 0.2) is 53.6 Å². The van der Waals surface area contributed by atoms with E-state index >= 15 is 0 Å².